The Labute approximate surface area is 241 Å². The summed E-state index contributed by atoms with van der Waals surface area (Å²) in [5.74, 6) is -2.18. The van der Waals surface area contributed by atoms with Gasteiger partial charge in [0.05, 0.1) is 23.2 Å². The van der Waals surface area contributed by atoms with E-state index in [1.165, 1.54) is 0 Å². The lowest BCUT2D eigenvalue weighted by Crippen LogP contribution is -2.53. The Morgan fingerprint density at radius 3 is 2.48 bits per heavy atom. The van der Waals surface area contributed by atoms with E-state index in [4.69, 9.17) is 4.74 Å². The number of esters is 1. The van der Waals surface area contributed by atoms with Gasteiger partial charge in [-0.2, -0.15) is 0 Å². The lowest BCUT2D eigenvalue weighted by molar-refractivity contribution is -0.154. The van der Waals surface area contributed by atoms with Crippen molar-refractivity contribution in [3.05, 3.63) is 48.6 Å². The van der Waals surface area contributed by atoms with Gasteiger partial charge in [0.1, 0.15) is 6.04 Å². The number of rotatable bonds is 7. The number of hydrogen-bond acceptors (Lipinski definition) is 7. The zero-order valence-electron chi connectivity index (χ0n) is 23.8. The first-order valence-electron chi connectivity index (χ1n) is 14.6. The van der Waals surface area contributed by atoms with Crippen molar-refractivity contribution >= 4 is 40.9 Å². The summed E-state index contributed by atoms with van der Waals surface area (Å²) in [5, 5.41) is 9.63. The molecule has 1 N–H and O–H groups in total. The minimum absolute atomic E-state index is 0.0895. The molecule has 2 amide bonds. The number of benzene rings is 1. The first-order chi connectivity index (χ1) is 19.3. The van der Waals surface area contributed by atoms with E-state index in [0.717, 1.165) is 43.7 Å². The third kappa shape index (κ3) is 4.75. The van der Waals surface area contributed by atoms with E-state index in [2.05, 4.69) is 30.9 Å². The third-order valence-electron chi connectivity index (χ3n) is 8.85. The molecule has 0 aromatic heterocycles. The smallest absolute Gasteiger partial charge is 0.311 e. The van der Waals surface area contributed by atoms with Crippen molar-refractivity contribution in [3.8, 4) is 0 Å². The van der Waals surface area contributed by atoms with Crippen LogP contribution in [0.5, 0.6) is 0 Å². The topological polar surface area (TPSA) is 90.4 Å². The van der Waals surface area contributed by atoms with Gasteiger partial charge < -0.3 is 24.5 Å². The van der Waals surface area contributed by atoms with Gasteiger partial charge in [-0.05, 0) is 70.7 Å². The fourth-order valence-electron chi connectivity index (χ4n) is 6.94. The van der Waals surface area contributed by atoms with Crippen molar-refractivity contribution in [2.75, 3.05) is 49.2 Å². The van der Waals surface area contributed by atoms with Crippen LogP contribution in [0.4, 0.5) is 11.4 Å². The molecule has 5 atom stereocenters. The van der Waals surface area contributed by atoms with E-state index in [-0.39, 0.29) is 30.9 Å². The molecule has 8 nitrogen and oxygen atoms in total. The first-order valence-corrected chi connectivity index (χ1v) is 15.4. The van der Waals surface area contributed by atoms with E-state index in [9.17, 15) is 19.5 Å². The van der Waals surface area contributed by atoms with Crippen LogP contribution in [0.3, 0.4) is 0 Å². The molecule has 1 spiro atoms. The second-order valence-corrected chi connectivity index (χ2v) is 13.0. The second kappa shape index (κ2) is 11.6. The molecule has 0 bridgehead atoms. The van der Waals surface area contributed by atoms with Crippen LogP contribution in [-0.2, 0) is 19.1 Å². The molecule has 2 saturated heterocycles. The summed E-state index contributed by atoms with van der Waals surface area (Å²) in [6, 6.07) is 7.21. The molecule has 4 heterocycles. The number of ether oxygens (including phenoxy) is 1. The van der Waals surface area contributed by atoms with Crippen molar-refractivity contribution in [2.24, 2.45) is 11.8 Å². The Morgan fingerprint density at radius 1 is 1.02 bits per heavy atom. The lowest BCUT2D eigenvalue weighted by Gasteiger charge is -2.37. The molecule has 0 aliphatic carbocycles. The minimum atomic E-state index is -0.920. The number of nitrogens with zero attached hydrogens (tertiary/aromatic N) is 3. The average molecular weight is 568 g/mol. The van der Waals surface area contributed by atoms with E-state index < -0.39 is 27.4 Å². The summed E-state index contributed by atoms with van der Waals surface area (Å²) in [6.07, 6.45) is 11.1. The summed E-state index contributed by atoms with van der Waals surface area (Å²) in [4.78, 5) is 48.0. The van der Waals surface area contributed by atoms with Gasteiger partial charge in [0.25, 0.3) is 5.91 Å². The number of hydrogen-bond donors (Lipinski definition) is 1. The number of amides is 2. The van der Waals surface area contributed by atoms with E-state index >= 15 is 0 Å². The monoisotopic (exact) mass is 567 g/mol. The fraction of sp³-hybridized carbons (Fsp3) is 0.581. The Hall–Kier alpha value is -2.78. The SMILES string of the molecule is CCN(CC)c1ccc(N2CC=C[C@]34S[C@@]5(C)/C=C\CCCCOC(=O)[C@H]5[C@H]3C(=O)N(CCCO)C4C2=O)cc1. The Kier molecular flexibility index (Phi) is 8.34. The highest BCUT2D eigenvalue weighted by atomic mass is 32.2. The van der Waals surface area contributed by atoms with Gasteiger partial charge >= 0.3 is 5.97 Å². The summed E-state index contributed by atoms with van der Waals surface area (Å²) in [7, 11) is 0. The third-order valence-corrected chi connectivity index (χ3v) is 10.6. The van der Waals surface area contributed by atoms with Crippen LogP contribution in [0.25, 0.3) is 0 Å². The van der Waals surface area contributed by atoms with Crippen molar-refractivity contribution in [2.45, 2.75) is 62.0 Å². The van der Waals surface area contributed by atoms with Gasteiger partial charge in [-0.1, -0.05) is 24.3 Å². The van der Waals surface area contributed by atoms with Crippen LogP contribution < -0.4 is 9.80 Å². The van der Waals surface area contributed by atoms with Gasteiger partial charge in [-0.15, -0.1) is 11.8 Å². The van der Waals surface area contributed by atoms with Crippen LogP contribution in [0, 0.1) is 11.8 Å². The number of carbonyl (C=O) groups is 3. The van der Waals surface area contributed by atoms with Gasteiger partial charge in [0.2, 0.25) is 5.91 Å². The summed E-state index contributed by atoms with van der Waals surface area (Å²) in [6.45, 7) is 8.89. The minimum Gasteiger partial charge on any atom is -0.465 e. The molecule has 216 valence electrons. The van der Waals surface area contributed by atoms with Crippen molar-refractivity contribution in [1.29, 1.82) is 0 Å². The molecule has 1 unspecified atom stereocenters. The number of carbonyl (C=O) groups excluding carboxylic acids is 3. The average Bonchev–Trinajstić information content (AvgIpc) is 3.27. The van der Waals surface area contributed by atoms with Crippen LogP contribution in [-0.4, -0.2) is 82.7 Å². The molecule has 40 heavy (non-hydrogen) atoms. The number of cyclic esters (lactones) is 1. The number of allylic oxidation sites excluding steroid dienone is 1. The molecule has 0 saturated carbocycles. The number of aliphatic hydroxyl groups is 1. The zero-order valence-corrected chi connectivity index (χ0v) is 24.6. The molecule has 1 aromatic carbocycles. The van der Waals surface area contributed by atoms with Crippen LogP contribution in [0.2, 0.25) is 0 Å². The van der Waals surface area contributed by atoms with Crippen LogP contribution in [0.15, 0.2) is 48.6 Å². The quantitative estimate of drug-likeness (QED) is 0.396. The highest BCUT2D eigenvalue weighted by Crippen LogP contribution is 2.65. The standard InChI is InChI=1S/C31H41N3O5S/c1-4-32(5-2)22-12-14-23(15-13-22)33-18-10-17-31-24(27(36)34(19-11-20-35)26(31)28(33)37)25-29(38)39-21-9-7-6-8-16-30(25,3)40-31/h8,10,12-17,24-26,35H,4-7,9,11,18-21H2,1-3H3/b16-8-/t24-,25+,26?,30-,31-/m0/s1. The molecule has 2 fully saturated rings. The first kappa shape index (κ1) is 28.7. The molecular formula is C31H41N3O5S. The number of aliphatic hydroxyl groups excluding tert-OH is 1. The number of fused-ring (bicyclic) bond motifs is 2. The maximum Gasteiger partial charge on any atom is 0.311 e. The number of thioether (sulfide) groups is 1. The maximum atomic E-state index is 14.5. The lowest BCUT2D eigenvalue weighted by atomic mass is 9.74. The normalized spacial score (nSPS) is 32.7. The van der Waals surface area contributed by atoms with E-state index in [1.54, 1.807) is 21.6 Å². The Balaban J connectivity index is 1.57. The van der Waals surface area contributed by atoms with Gasteiger partial charge in [-0.3, -0.25) is 14.4 Å². The van der Waals surface area contributed by atoms with Gasteiger partial charge in [0, 0.05) is 48.9 Å². The predicted molar refractivity (Wildman–Crippen MR) is 158 cm³/mol. The molecule has 4 aliphatic rings. The summed E-state index contributed by atoms with van der Waals surface area (Å²) < 4.78 is 4.11. The van der Waals surface area contributed by atoms with Gasteiger partial charge in [0.15, 0.2) is 0 Å². The summed E-state index contributed by atoms with van der Waals surface area (Å²) in [5.41, 5.74) is 1.87. The Morgan fingerprint density at radius 2 is 1.77 bits per heavy atom. The summed E-state index contributed by atoms with van der Waals surface area (Å²) >= 11 is 1.56. The largest absolute Gasteiger partial charge is 0.465 e. The second-order valence-electron chi connectivity index (χ2n) is 11.2. The molecule has 4 aliphatic heterocycles. The molecule has 9 heteroatoms. The number of likely N-dealkylation sites (tertiary alicyclic amines) is 1. The van der Waals surface area contributed by atoms with E-state index in [1.807, 2.05) is 43.3 Å². The zero-order chi connectivity index (χ0) is 28.5. The van der Waals surface area contributed by atoms with Crippen LogP contribution >= 0.6 is 11.8 Å². The number of anilines is 2. The van der Waals surface area contributed by atoms with Gasteiger partial charge in [-0.25, -0.2) is 0 Å². The highest BCUT2D eigenvalue weighted by molar-refractivity contribution is 8.02. The maximum absolute atomic E-state index is 14.5. The molecular weight excluding hydrogens is 526 g/mol. The van der Waals surface area contributed by atoms with Crippen molar-refractivity contribution in [1.82, 2.24) is 4.90 Å². The van der Waals surface area contributed by atoms with E-state index in [0.29, 0.717) is 19.6 Å². The fourth-order valence-corrected chi connectivity index (χ4v) is 9.10. The molecule has 0 radical (unpaired) electrons. The molecule has 5 rings (SSSR count). The predicted octanol–water partition coefficient (Wildman–Crippen LogP) is 3.79. The van der Waals surface area contributed by atoms with Crippen molar-refractivity contribution < 1.29 is 24.2 Å². The Bertz CT molecular complexity index is 1180. The van der Waals surface area contributed by atoms with Crippen LogP contribution in [0.1, 0.15) is 46.5 Å². The molecule has 1 aromatic rings. The van der Waals surface area contributed by atoms with Crippen molar-refractivity contribution in [3.63, 3.8) is 0 Å². The highest BCUT2D eigenvalue weighted by Gasteiger charge is 2.73.